The Bertz CT molecular complexity index is 1030. The zero-order chi connectivity index (χ0) is 25.2. The molecule has 0 atom stereocenters. The second-order valence-electron chi connectivity index (χ2n) is 8.19. The zero-order valence-corrected chi connectivity index (χ0v) is 20.9. The van der Waals surface area contributed by atoms with Crippen LogP contribution >= 0.6 is 0 Å². The lowest BCUT2D eigenvalue weighted by molar-refractivity contribution is -0.126. The number of carbonyl (C=O) groups excluding carboxylic acids is 2. The van der Waals surface area contributed by atoms with Gasteiger partial charge < -0.3 is 34.5 Å². The predicted molar refractivity (Wildman–Crippen MR) is 134 cm³/mol. The standard InChI is InChI=1S/C26H35N3O6/c1-32-21-8-7-19(16-23(21)34-3)28-12-5-10-27-11-6-13-29-14-9-18-15-22(33-2)24(35-4)17-20(18)25(30)26(29)31/h7-8,15-17,27-28H,5-6,9-14H2,1-4H3. The molecule has 2 aromatic rings. The fourth-order valence-corrected chi connectivity index (χ4v) is 4.08. The molecule has 1 aliphatic rings. The van der Waals surface area contributed by atoms with Crippen LogP contribution in [-0.4, -0.2) is 77.8 Å². The van der Waals surface area contributed by atoms with Gasteiger partial charge in [0, 0.05) is 37.0 Å². The lowest BCUT2D eigenvalue weighted by Crippen LogP contribution is -2.37. The van der Waals surface area contributed by atoms with E-state index in [1.165, 1.54) is 7.11 Å². The summed E-state index contributed by atoms with van der Waals surface area (Å²) in [6, 6.07) is 9.14. The van der Waals surface area contributed by atoms with E-state index >= 15 is 0 Å². The summed E-state index contributed by atoms with van der Waals surface area (Å²) in [6.07, 6.45) is 2.31. The van der Waals surface area contributed by atoms with Gasteiger partial charge >= 0.3 is 0 Å². The number of ether oxygens (including phenoxy) is 4. The van der Waals surface area contributed by atoms with Gasteiger partial charge in [-0.2, -0.15) is 0 Å². The highest BCUT2D eigenvalue weighted by molar-refractivity contribution is 6.43. The van der Waals surface area contributed by atoms with E-state index in [1.54, 1.807) is 38.4 Å². The van der Waals surface area contributed by atoms with Crippen LogP contribution in [-0.2, 0) is 11.2 Å². The molecule has 0 saturated heterocycles. The third-order valence-corrected chi connectivity index (χ3v) is 6.01. The molecular weight excluding hydrogens is 450 g/mol. The van der Waals surface area contributed by atoms with E-state index in [1.807, 2.05) is 18.2 Å². The fraction of sp³-hybridized carbons (Fsp3) is 0.462. The molecular formula is C26H35N3O6. The summed E-state index contributed by atoms with van der Waals surface area (Å²) in [5.74, 6) is 1.45. The monoisotopic (exact) mass is 485 g/mol. The van der Waals surface area contributed by atoms with Crippen molar-refractivity contribution in [1.29, 1.82) is 0 Å². The number of benzene rings is 2. The van der Waals surface area contributed by atoms with Crippen LogP contribution in [0.1, 0.15) is 28.8 Å². The summed E-state index contributed by atoms with van der Waals surface area (Å²) >= 11 is 0. The molecule has 0 spiro atoms. The highest BCUT2D eigenvalue weighted by atomic mass is 16.5. The first-order chi connectivity index (χ1) is 17.0. The SMILES string of the molecule is COc1ccc(NCCCNCCCN2CCc3cc(OC)c(OC)cc3C(=O)C2=O)cc1OC. The number of Topliss-reactive ketones (excluding diaryl/α,β-unsaturated/α-hetero) is 1. The maximum Gasteiger partial charge on any atom is 0.294 e. The van der Waals surface area contributed by atoms with Crippen molar-refractivity contribution >= 4 is 17.4 Å². The molecule has 3 rings (SSSR count). The average molecular weight is 486 g/mol. The van der Waals surface area contributed by atoms with Crippen molar-refractivity contribution in [3.05, 3.63) is 41.5 Å². The van der Waals surface area contributed by atoms with Crippen molar-refractivity contribution in [1.82, 2.24) is 10.2 Å². The first kappa shape index (κ1) is 26.2. The molecule has 1 aliphatic heterocycles. The second kappa shape index (κ2) is 12.9. The number of hydrogen-bond donors (Lipinski definition) is 2. The van der Waals surface area contributed by atoms with Gasteiger partial charge in [0.25, 0.3) is 11.7 Å². The van der Waals surface area contributed by atoms with Crippen LogP contribution in [0.25, 0.3) is 0 Å². The Kier molecular flexibility index (Phi) is 9.60. The van der Waals surface area contributed by atoms with Crippen LogP contribution in [0.15, 0.2) is 30.3 Å². The van der Waals surface area contributed by atoms with Crippen LogP contribution in [0, 0.1) is 0 Å². The molecule has 35 heavy (non-hydrogen) atoms. The summed E-state index contributed by atoms with van der Waals surface area (Å²) < 4.78 is 21.2. The molecule has 0 aliphatic carbocycles. The van der Waals surface area contributed by atoms with E-state index < -0.39 is 11.7 Å². The highest BCUT2D eigenvalue weighted by Gasteiger charge is 2.30. The number of nitrogens with zero attached hydrogens (tertiary/aromatic N) is 1. The van der Waals surface area contributed by atoms with Gasteiger partial charge in [-0.1, -0.05) is 0 Å². The normalized spacial score (nSPS) is 13.2. The van der Waals surface area contributed by atoms with Crippen molar-refractivity contribution in [2.24, 2.45) is 0 Å². The number of anilines is 1. The van der Waals surface area contributed by atoms with Crippen LogP contribution in [0.2, 0.25) is 0 Å². The number of ketones is 1. The third kappa shape index (κ3) is 6.57. The maximum absolute atomic E-state index is 12.8. The fourth-order valence-electron chi connectivity index (χ4n) is 4.08. The molecule has 0 aromatic heterocycles. The molecule has 2 aromatic carbocycles. The van der Waals surface area contributed by atoms with Crippen molar-refractivity contribution < 1.29 is 28.5 Å². The van der Waals surface area contributed by atoms with Gasteiger partial charge in [0.05, 0.1) is 28.4 Å². The minimum absolute atomic E-state index is 0.398. The first-order valence-electron chi connectivity index (χ1n) is 11.8. The van der Waals surface area contributed by atoms with Gasteiger partial charge in [-0.3, -0.25) is 9.59 Å². The number of carbonyl (C=O) groups is 2. The third-order valence-electron chi connectivity index (χ3n) is 6.01. The molecule has 0 radical (unpaired) electrons. The van der Waals surface area contributed by atoms with E-state index in [4.69, 9.17) is 18.9 Å². The molecule has 0 saturated carbocycles. The summed E-state index contributed by atoms with van der Waals surface area (Å²) in [5.41, 5.74) is 2.18. The van der Waals surface area contributed by atoms with Gasteiger partial charge in [0.15, 0.2) is 23.0 Å². The number of fused-ring (bicyclic) bond motifs is 1. The Morgan fingerprint density at radius 1 is 0.800 bits per heavy atom. The minimum Gasteiger partial charge on any atom is -0.493 e. The zero-order valence-electron chi connectivity index (χ0n) is 20.9. The van der Waals surface area contributed by atoms with Crippen LogP contribution in [0.5, 0.6) is 23.0 Å². The average Bonchev–Trinajstić information content (AvgIpc) is 3.00. The van der Waals surface area contributed by atoms with Gasteiger partial charge in [-0.25, -0.2) is 0 Å². The molecule has 1 heterocycles. The molecule has 9 heteroatoms. The molecule has 1 amide bonds. The molecule has 2 N–H and O–H groups in total. The number of amides is 1. The van der Waals surface area contributed by atoms with E-state index in [2.05, 4.69) is 10.6 Å². The molecule has 0 unspecified atom stereocenters. The van der Waals surface area contributed by atoms with E-state index in [-0.39, 0.29) is 0 Å². The quantitative estimate of drug-likeness (QED) is 0.330. The lowest BCUT2D eigenvalue weighted by Gasteiger charge is -2.19. The molecule has 190 valence electrons. The number of rotatable bonds is 13. The summed E-state index contributed by atoms with van der Waals surface area (Å²) in [7, 11) is 6.30. The Morgan fingerprint density at radius 2 is 1.46 bits per heavy atom. The van der Waals surface area contributed by atoms with E-state index in [0.29, 0.717) is 48.1 Å². The molecule has 0 fully saturated rings. The Labute approximate surface area is 206 Å². The lowest BCUT2D eigenvalue weighted by atomic mass is 10.0. The van der Waals surface area contributed by atoms with Gasteiger partial charge in [-0.05, 0) is 62.2 Å². The largest absolute Gasteiger partial charge is 0.493 e. The second-order valence-corrected chi connectivity index (χ2v) is 8.19. The highest BCUT2D eigenvalue weighted by Crippen LogP contribution is 2.32. The van der Waals surface area contributed by atoms with Crippen molar-refractivity contribution in [3.63, 3.8) is 0 Å². The summed E-state index contributed by atoms with van der Waals surface area (Å²) in [4.78, 5) is 27.2. The van der Waals surface area contributed by atoms with Gasteiger partial charge in [0.1, 0.15) is 0 Å². The number of hydrogen-bond acceptors (Lipinski definition) is 8. The Balaban J connectivity index is 1.38. The van der Waals surface area contributed by atoms with Crippen molar-refractivity contribution in [2.45, 2.75) is 19.3 Å². The molecule has 9 nitrogen and oxygen atoms in total. The Morgan fingerprint density at radius 3 is 2.17 bits per heavy atom. The first-order valence-corrected chi connectivity index (χ1v) is 11.8. The van der Waals surface area contributed by atoms with E-state index in [0.717, 1.165) is 43.7 Å². The van der Waals surface area contributed by atoms with Crippen LogP contribution in [0.4, 0.5) is 5.69 Å². The van der Waals surface area contributed by atoms with Crippen molar-refractivity contribution in [2.75, 3.05) is 66.5 Å². The smallest absolute Gasteiger partial charge is 0.294 e. The number of nitrogens with one attached hydrogen (secondary N) is 2. The molecule has 0 bridgehead atoms. The summed E-state index contributed by atoms with van der Waals surface area (Å²) in [6.45, 7) is 3.46. The number of methoxy groups -OCH3 is 4. The minimum atomic E-state index is -0.493. The Hall–Kier alpha value is -3.46. The summed E-state index contributed by atoms with van der Waals surface area (Å²) in [5, 5.41) is 6.77. The van der Waals surface area contributed by atoms with Gasteiger partial charge in [0.2, 0.25) is 0 Å². The predicted octanol–water partition coefficient (Wildman–Crippen LogP) is 2.77. The maximum atomic E-state index is 12.8. The van der Waals surface area contributed by atoms with E-state index in [9.17, 15) is 9.59 Å². The van der Waals surface area contributed by atoms with Gasteiger partial charge in [-0.15, -0.1) is 0 Å². The van der Waals surface area contributed by atoms with Crippen LogP contribution < -0.4 is 29.6 Å². The topological polar surface area (TPSA) is 98.4 Å². The van der Waals surface area contributed by atoms with Crippen molar-refractivity contribution in [3.8, 4) is 23.0 Å². The van der Waals surface area contributed by atoms with Crippen LogP contribution in [0.3, 0.4) is 0 Å².